The van der Waals surface area contributed by atoms with Crippen molar-refractivity contribution < 1.29 is 35.1 Å². The summed E-state index contributed by atoms with van der Waals surface area (Å²) in [5, 5.41) is 54.3. The summed E-state index contributed by atoms with van der Waals surface area (Å²) in [6, 6.07) is 28.2. The molecule has 0 aliphatic rings. The van der Waals surface area contributed by atoms with Gasteiger partial charge in [-0.15, -0.1) is 5.75 Å². The van der Waals surface area contributed by atoms with E-state index < -0.39 is 11.9 Å². The van der Waals surface area contributed by atoms with Gasteiger partial charge in [-0.1, -0.05) is 102 Å². The van der Waals surface area contributed by atoms with Gasteiger partial charge in [-0.05, 0) is 33.7 Å². The fourth-order valence-corrected chi connectivity index (χ4v) is 3.65. The molecule has 0 atom stereocenters. The molecular formula is C30H19AlN2O7. The maximum absolute atomic E-state index is 11.3. The Balaban J connectivity index is 0.000000165. The number of hydrogen-bond acceptors (Lipinski definition) is 7. The third kappa shape index (κ3) is 7.02. The van der Waals surface area contributed by atoms with E-state index in [-0.39, 0.29) is 57.0 Å². The van der Waals surface area contributed by atoms with Gasteiger partial charge in [0.15, 0.2) is 0 Å². The fraction of sp³-hybridized carbons (Fsp3) is 0. The molecule has 0 aliphatic carbocycles. The summed E-state index contributed by atoms with van der Waals surface area (Å²) in [5.74, 6) is -2.70. The Morgan fingerprint density at radius 2 is 0.950 bits per heavy atom. The summed E-state index contributed by atoms with van der Waals surface area (Å²) >= 11 is 0. The van der Waals surface area contributed by atoms with Crippen LogP contribution in [0.25, 0.3) is 32.6 Å². The summed E-state index contributed by atoms with van der Waals surface area (Å²) < 4.78 is 0. The van der Waals surface area contributed by atoms with Crippen LogP contribution in [0.1, 0.15) is 21.0 Å². The normalized spacial score (nSPS) is 10.0. The average molecular weight is 546 g/mol. The van der Waals surface area contributed by atoms with Crippen LogP contribution < -0.4 is 15.3 Å². The number of aromatic carboxylic acids is 2. The second-order valence-electron chi connectivity index (χ2n) is 8.17. The molecule has 0 fully saturated rings. The molecular weight excluding hydrogens is 527 g/mol. The van der Waals surface area contributed by atoms with Gasteiger partial charge in [0.25, 0.3) is 0 Å². The maximum atomic E-state index is 11.3. The topological polar surface area (TPSA) is 170 Å². The first-order chi connectivity index (χ1) is 18.7. The minimum Gasteiger partial charge on any atom is -0.872 e. The van der Waals surface area contributed by atoms with Crippen LogP contribution in [0.2, 0.25) is 0 Å². The number of hydrogen-bond donors (Lipinski definition) is 2. The first-order valence-corrected chi connectivity index (χ1v) is 11.5. The SMILES string of the molecule is O=C(O)c1ccc2cccc([O-])c2n1.O=C(O)c1ccc2cccc([O-])c2n1.[Al+3].[O-]c1ccc2ccccc2c1. The van der Waals surface area contributed by atoms with Crippen molar-refractivity contribution in [2.75, 3.05) is 0 Å². The van der Waals surface area contributed by atoms with E-state index in [0.29, 0.717) is 10.8 Å². The van der Waals surface area contributed by atoms with Crippen molar-refractivity contribution in [2.24, 2.45) is 0 Å². The van der Waals surface area contributed by atoms with Crippen molar-refractivity contribution in [2.45, 2.75) is 0 Å². The van der Waals surface area contributed by atoms with E-state index in [0.717, 1.165) is 10.8 Å². The van der Waals surface area contributed by atoms with Crippen molar-refractivity contribution in [1.82, 2.24) is 9.97 Å². The third-order valence-electron chi connectivity index (χ3n) is 5.53. The minimum atomic E-state index is -1.13. The van der Waals surface area contributed by atoms with E-state index in [2.05, 4.69) is 9.97 Å². The van der Waals surface area contributed by atoms with Crippen LogP contribution in [0.3, 0.4) is 0 Å². The van der Waals surface area contributed by atoms with Crippen molar-refractivity contribution in [3.63, 3.8) is 0 Å². The van der Waals surface area contributed by atoms with E-state index >= 15 is 0 Å². The number of carboxylic acid groups (broad SMARTS) is 2. The molecule has 2 heterocycles. The van der Waals surface area contributed by atoms with E-state index in [1.54, 1.807) is 48.5 Å². The Labute approximate surface area is 238 Å². The maximum Gasteiger partial charge on any atom is 3.00 e. The van der Waals surface area contributed by atoms with Crippen molar-refractivity contribution >= 4 is 61.9 Å². The molecule has 0 spiro atoms. The molecule has 6 aromatic rings. The molecule has 0 bridgehead atoms. The molecule has 2 aromatic heterocycles. The Morgan fingerprint density at radius 3 is 1.43 bits per heavy atom. The van der Waals surface area contributed by atoms with Crippen molar-refractivity contribution in [1.29, 1.82) is 0 Å². The molecule has 10 heteroatoms. The average Bonchev–Trinajstić information content (AvgIpc) is 2.94. The molecule has 0 saturated heterocycles. The van der Waals surface area contributed by atoms with Crippen LogP contribution in [0.4, 0.5) is 0 Å². The number of pyridine rings is 2. The zero-order chi connectivity index (χ0) is 27.9. The Kier molecular flexibility index (Phi) is 9.60. The monoisotopic (exact) mass is 546 g/mol. The molecule has 0 unspecified atom stereocenters. The van der Waals surface area contributed by atoms with Gasteiger partial charge in [-0.3, -0.25) is 0 Å². The van der Waals surface area contributed by atoms with Crippen LogP contribution in [0.15, 0.2) is 103 Å². The summed E-state index contributed by atoms with van der Waals surface area (Å²) in [5.41, 5.74) is 0.182. The zero-order valence-electron chi connectivity index (χ0n) is 20.7. The van der Waals surface area contributed by atoms with Gasteiger partial charge < -0.3 is 25.5 Å². The van der Waals surface area contributed by atoms with Gasteiger partial charge in [0.1, 0.15) is 11.4 Å². The van der Waals surface area contributed by atoms with Gasteiger partial charge in [0.05, 0.1) is 11.0 Å². The van der Waals surface area contributed by atoms with Crippen LogP contribution in [-0.4, -0.2) is 49.5 Å². The molecule has 194 valence electrons. The van der Waals surface area contributed by atoms with Gasteiger partial charge in [-0.25, -0.2) is 19.6 Å². The molecule has 0 saturated carbocycles. The number of para-hydroxylation sites is 2. The Morgan fingerprint density at radius 1 is 0.525 bits per heavy atom. The number of carbonyl (C=O) groups is 2. The van der Waals surface area contributed by atoms with Gasteiger partial charge in [0, 0.05) is 0 Å². The first-order valence-electron chi connectivity index (χ1n) is 11.5. The van der Waals surface area contributed by atoms with Gasteiger partial charge in [-0.2, -0.15) is 0 Å². The van der Waals surface area contributed by atoms with Crippen LogP contribution in [-0.2, 0) is 0 Å². The van der Waals surface area contributed by atoms with Gasteiger partial charge in [0.2, 0.25) is 0 Å². The summed E-state index contributed by atoms with van der Waals surface area (Å²) in [6.45, 7) is 0. The number of rotatable bonds is 2. The van der Waals surface area contributed by atoms with Crippen molar-refractivity contribution in [3.05, 3.63) is 115 Å². The quantitative estimate of drug-likeness (QED) is 0.308. The molecule has 40 heavy (non-hydrogen) atoms. The number of nitrogens with zero attached hydrogens (tertiary/aromatic N) is 2. The fourth-order valence-electron chi connectivity index (χ4n) is 3.65. The van der Waals surface area contributed by atoms with Crippen LogP contribution >= 0.6 is 0 Å². The summed E-state index contributed by atoms with van der Waals surface area (Å²) in [6.07, 6.45) is 0. The Hall–Kier alpha value is -5.17. The zero-order valence-corrected chi connectivity index (χ0v) is 21.9. The number of aromatic nitrogens is 2. The summed E-state index contributed by atoms with van der Waals surface area (Å²) in [7, 11) is 0. The second-order valence-corrected chi connectivity index (χ2v) is 8.17. The number of fused-ring (bicyclic) bond motifs is 3. The predicted molar refractivity (Wildman–Crippen MR) is 145 cm³/mol. The largest absolute Gasteiger partial charge is 3.00 e. The van der Waals surface area contributed by atoms with E-state index in [4.69, 9.17) is 10.2 Å². The second kappa shape index (κ2) is 13.1. The molecule has 6 rings (SSSR count). The number of benzene rings is 4. The van der Waals surface area contributed by atoms with E-state index in [1.807, 2.05) is 30.3 Å². The van der Waals surface area contributed by atoms with Crippen LogP contribution in [0, 0.1) is 0 Å². The van der Waals surface area contributed by atoms with E-state index in [1.165, 1.54) is 24.3 Å². The molecule has 4 aromatic carbocycles. The molecule has 0 radical (unpaired) electrons. The molecule has 9 nitrogen and oxygen atoms in total. The van der Waals surface area contributed by atoms with Crippen LogP contribution in [0.5, 0.6) is 17.2 Å². The molecule has 0 aliphatic heterocycles. The smallest absolute Gasteiger partial charge is 0.872 e. The number of carboxylic acids is 2. The molecule has 2 N–H and O–H groups in total. The Bertz CT molecular complexity index is 1730. The summed E-state index contributed by atoms with van der Waals surface area (Å²) in [4.78, 5) is 28.7. The third-order valence-corrected chi connectivity index (χ3v) is 5.53. The predicted octanol–water partition coefficient (Wildman–Crippen LogP) is 3.55. The standard InChI is InChI=1S/2C10H7NO3.C10H8O.Al/c2*12-8-3-1-2-6-4-5-7(10(13)14)11-9(6)8;11-10-6-5-8-3-1-2-4-9(8)7-10;/h2*1-5,12H,(H,13,14);1-7,11H;/q;;;+3/p-3. The minimum absolute atomic E-state index is 0. The molecule has 0 amide bonds. The van der Waals surface area contributed by atoms with Crippen molar-refractivity contribution in [3.8, 4) is 17.2 Å². The first kappa shape index (κ1) is 29.4. The van der Waals surface area contributed by atoms with E-state index in [9.17, 15) is 24.9 Å². The van der Waals surface area contributed by atoms with Gasteiger partial charge >= 0.3 is 29.3 Å².